The van der Waals surface area contributed by atoms with Crippen molar-refractivity contribution in [2.24, 2.45) is 0 Å². The minimum absolute atomic E-state index is 0.0365. The lowest BCUT2D eigenvalue weighted by Gasteiger charge is -2.27. The van der Waals surface area contributed by atoms with Gasteiger partial charge in [0, 0.05) is 31.2 Å². The van der Waals surface area contributed by atoms with E-state index in [1.165, 1.54) is 0 Å². The molecule has 22 heavy (non-hydrogen) atoms. The van der Waals surface area contributed by atoms with Gasteiger partial charge in [0.2, 0.25) is 0 Å². The van der Waals surface area contributed by atoms with Crippen molar-refractivity contribution in [1.82, 2.24) is 14.3 Å². The number of fused-ring (bicyclic) bond motifs is 1. The third-order valence-electron chi connectivity index (χ3n) is 3.72. The van der Waals surface area contributed by atoms with Gasteiger partial charge in [-0.25, -0.2) is 4.98 Å². The van der Waals surface area contributed by atoms with Crippen LogP contribution in [0.1, 0.15) is 29.8 Å². The number of hydrogen-bond donors (Lipinski definition) is 0. The first-order chi connectivity index (χ1) is 10.6. The first-order valence-corrected chi connectivity index (χ1v) is 7.43. The van der Waals surface area contributed by atoms with E-state index in [-0.39, 0.29) is 11.9 Å². The molecule has 0 aliphatic rings. The summed E-state index contributed by atoms with van der Waals surface area (Å²) in [4.78, 5) is 18.9. The average molecular weight is 293 g/mol. The van der Waals surface area contributed by atoms with Gasteiger partial charge in [-0.1, -0.05) is 30.3 Å². The molecule has 3 rings (SSSR count). The molecule has 2 aromatic heterocycles. The molecule has 0 radical (unpaired) electrons. The molecule has 2 heterocycles. The van der Waals surface area contributed by atoms with Crippen molar-refractivity contribution in [2.75, 3.05) is 0 Å². The van der Waals surface area contributed by atoms with Crippen LogP contribution in [0.3, 0.4) is 0 Å². The summed E-state index contributed by atoms with van der Waals surface area (Å²) in [5.74, 6) is 0.0365. The van der Waals surface area contributed by atoms with E-state index < -0.39 is 0 Å². The summed E-state index contributed by atoms with van der Waals surface area (Å²) in [6.45, 7) is 4.69. The van der Waals surface area contributed by atoms with Crippen molar-refractivity contribution in [3.05, 3.63) is 72.2 Å². The fourth-order valence-electron chi connectivity index (χ4n) is 2.48. The fraction of sp³-hybridized carbons (Fsp3) is 0.222. The Morgan fingerprint density at radius 2 is 1.95 bits per heavy atom. The molecule has 1 aromatic carbocycles. The zero-order chi connectivity index (χ0) is 15.5. The van der Waals surface area contributed by atoms with E-state index in [1.54, 1.807) is 6.20 Å². The average Bonchev–Trinajstić information content (AvgIpc) is 3.00. The predicted molar refractivity (Wildman–Crippen MR) is 86.6 cm³/mol. The van der Waals surface area contributed by atoms with E-state index in [0.717, 1.165) is 11.2 Å². The van der Waals surface area contributed by atoms with Crippen LogP contribution in [0, 0.1) is 0 Å². The molecule has 0 aliphatic carbocycles. The lowest BCUT2D eigenvalue weighted by atomic mass is 10.1. The van der Waals surface area contributed by atoms with Gasteiger partial charge in [0.25, 0.3) is 5.91 Å². The Morgan fingerprint density at radius 3 is 2.68 bits per heavy atom. The minimum atomic E-state index is 0.0365. The third kappa shape index (κ3) is 2.86. The van der Waals surface area contributed by atoms with Gasteiger partial charge in [0.05, 0.1) is 5.56 Å². The van der Waals surface area contributed by atoms with Gasteiger partial charge in [-0.2, -0.15) is 0 Å². The first kappa shape index (κ1) is 14.3. The van der Waals surface area contributed by atoms with Crippen molar-refractivity contribution >= 4 is 11.6 Å². The molecule has 0 unspecified atom stereocenters. The van der Waals surface area contributed by atoms with E-state index in [1.807, 2.05) is 78.0 Å². The molecule has 112 valence electrons. The van der Waals surface area contributed by atoms with Crippen molar-refractivity contribution < 1.29 is 4.79 Å². The summed E-state index contributed by atoms with van der Waals surface area (Å²) in [5.41, 5.74) is 2.65. The van der Waals surface area contributed by atoms with Crippen LogP contribution in [0.5, 0.6) is 0 Å². The van der Waals surface area contributed by atoms with Gasteiger partial charge in [-0.05, 0) is 31.5 Å². The van der Waals surface area contributed by atoms with Gasteiger partial charge in [-0.3, -0.25) is 4.79 Å². The number of aromatic nitrogens is 2. The van der Waals surface area contributed by atoms with Crippen LogP contribution >= 0.6 is 0 Å². The van der Waals surface area contributed by atoms with E-state index in [4.69, 9.17) is 0 Å². The number of rotatable bonds is 4. The van der Waals surface area contributed by atoms with E-state index >= 15 is 0 Å². The topological polar surface area (TPSA) is 37.6 Å². The first-order valence-electron chi connectivity index (χ1n) is 7.43. The normalized spacial score (nSPS) is 11.0. The molecule has 0 aliphatic heterocycles. The lowest BCUT2D eigenvalue weighted by molar-refractivity contribution is 0.0690. The smallest absolute Gasteiger partial charge is 0.255 e. The molecule has 0 atom stereocenters. The number of carbonyl (C=O) groups excluding carboxylic acids is 1. The maximum absolute atomic E-state index is 12.8. The third-order valence-corrected chi connectivity index (χ3v) is 3.72. The van der Waals surface area contributed by atoms with Crippen LogP contribution in [0.25, 0.3) is 5.65 Å². The van der Waals surface area contributed by atoms with Gasteiger partial charge in [0.1, 0.15) is 5.65 Å². The Labute approximate surface area is 130 Å². The SMILES string of the molecule is CC(C)N(Cc1ccccc1)C(=O)c1ccc2nccn2c1. The molecule has 0 bridgehead atoms. The number of benzene rings is 1. The van der Waals surface area contributed by atoms with Crippen molar-refractivity contribution in [3.8, 4) is 0 Å². The summed E-state index contributed by atoms with van der Waals surface area (Å²) in [6.07, 6.45) is 5.42. The molecule has 4 heteroatoms. The second-order valence-electron chi connectivity index (χ2n) is 5.62. The largest absolute Gasteiger partial charge is 0.332 e. The van der Waals surface area contributed by atoms with Gasteiger partial charge in [0.15, 0.2) is 0 Å². The summed E-state index contributed by atoms with van der Waals surface area (Å²) in [5, 5.41) is 0. The maximum atomic E-state index is 12.8. The highest BCUT2D eigenvalue weighted by molar-refractivity contribution is 5.94. The van der Waals surface area contributed by atoms with E-state index in [9.17, 15) is 4.79 Å². The Hall–Kier alpha value is -2.62. The highest BCUT2D eigenvalue weighted by Crippen LogP contribution is 2.14. The predicted octanol–water partition coefficient (Wildman–Crippen LogP) is 3.39. The second-order valence-corrected chi connectivity index (χ2v) is 5.62. The standard InChI is InChI=1S/C18H19N3O/c1-14(2)21(12-15-6-4-3-5-7-15)18(22)16-8-9-17-19-10-11-20(17)13-16/h3-11,13-14H,12H2,1-2H3. The number of carbonyl (C=O) groups is 1. The molecular formula is C18H19N3O. The second kappa shape index (κ2) is 6.02. The molecule has 0 fully saturated rings. The van der Waals surface area contributed by atoms with Crippen molar-refractivity contribution in [2.45, 2.75) is 26.4 Å². The summed E-state index contributed by atoms with van der Waals surface area (Å²) < 4.78 is 1.87. The summed E-state index contributed by atoms with van der Waals surface area (Å²) in [7, 11) is 0. The lowest BCUT2D eigenvalue weighted by Crippen LogP contribution is -2.36. The molecule has 1 amide bonds. The van der Waals surface area contributed by atoms with Crippen LogP contribution in [-0.4, -0.2) is 26.2 Å². The van der Waals surface area contributed by atoms with Gasteiger partial charge >= 0.3 is 0 Å². The van der Waals surface area contributed by atoms with Gasteiger partial charge < -0.3 is 9.30 Å². The molecule has 0 N–H and O–H groups in total. The Bertz CT molecular complexity index is 777. The summed E-state index contributed by atoms with van der Waals surface area (Å²) >= 11 is 0. The number of imidazole rings is 1. The van der Waals surface area contributed by atoms with Crippen LogP contribution in [0.2, 0.25) is 0 Å². The molecule has 0 spiro atoms. The van der Waals surface area contributed by atoms with Gasteiger partial charge in [-0.15, -0.1) is 0 Å². The Morgan fingerprint density at radius 1 is 1.18 bits per heavy atom. The highest BCUT2D eigenvalue weighted by atomic mass is 16.2. The number of nitrogens with zero attached hydrogens (tertiary/aromatic N) is 3. The van der Waals surface area contributed by atoms with Crippen LogP contribution in [0.15, 0.2) is 61.1 Å². The van der Waals surface area contributed by atoms with Crippen molar-refractivity contribution in [1.29, 1.82) is 0 Å². The molecule has 0 saturated carbocycles. The molecule has 0 saturated heterocycles. The van der Waals surface area contributed by atoms with E-state index in [2.05, 4.69) is 4.98 Å². The maximum Gasteiger partial charge on any atom is 0.255 e. The molecular weight excluding hydrogens is 274 g/mol. The number of hydrogen-bond acceptors (Lipinski definition) is 2. The zero-order valence-corrected chi connectivity index (χ0v) is 12.8. The van der Waals surface area contributed by atoms with Crippen molar-refractivity contribution in [3.63, 3.8) is 0 Å². The summed E-state index contributed by atoms with van der Waals surface area (Å²) in [6, 6.07) is 13.9. The van der Waals surface area contributed by atoms with E-state index in [0.29, 0.717) is 12.1 Å². The molecule has 3 aromatic rings. The quantitative estimate of drug-likeness (QED) is 0.739. The Kier molecular flexibility index (Phi) is 3.92. The van der Waals surface area contributed by atoms with Crippen LogP contribution in [-0.2, 0) is 6.54 Å². The van der Waals surface area contributed by atoms with Crippen LogP contribution < -0.4 is 0 Å². The zero-order valence-electron chi connectivity index (χ0n) is 12.8. The van der Waals surface area contributed by atoms with Crippen LogP contribution in [0.4, 0.5) is 0 Å². The Balaban J connectivity index is 1.88. The molecule has 4 nitrogen and oxygen atoms in total. The number of amides is 1. The highest BCUT2D eigenvalue weighted by Gasteiger charge is 2.19. The number of pyridine rings is 1. The fourth-order valence-corrected chi connectivity index (χ4v) is 2.48. The minimum Gasteiger partial charge on any atom is -0.332 e. The monoisotopic (exact) mass is 293 g/mol.